The largest absolute Gasteiger partial charge is 0.300 e. The Morgan fingerprint density at radius 1 is 1.27 bits per heavy atom. The number of sulfonamides is 1. The quantitative estimate of drug-likeness (QED) is 0.513. The van der Waals surface area contributed by atoms with Crippen LogP contribution < -0.4 is 5.32 Å². The van der Waals surface area contributed by atoms with Gasteiger partial charge in [-0.2, -0.15) is 5.10 Å². The predicted molar refractivity (Wildman–Crippen MR) is 127 cm³/mol. The first-order chi connectivity index (χ1) is 14.4. The van der Waals surface area contributed by atoms with Crippen LogP contribution in [-0.2, 0) is 10.0 Å². The molecule has 0 amide bonds. The highest BCUT2D eigenvalue weighted by atomic mass is 35.5. The normalized spacial score (nSPS) is 18.4. The van der Waals surface area contributed by atoms with Crippen LogP contribution in [0, 0.1) is 0 Å². The number of hydrogen-bond donors (Lipinski definition) is 1. The molecule has 6 nitrogen and oxygen atoms in total. The van der Waals surface area contributed by atoms with Crippen molar-refractivity contribution >= 4 is 44.3 Å². The van der Waals surface area contributed by atoms with Gasteiger partial charge < -0.3 is 5.32 Å². The molecule has 2 aromatic rings. The minimum atomic E-state index is -3.71. The van der Waals surface area contributed by atoms with Gasteiger partial charge in [0.25, 0.3) is 10.0 Å². The Balaban J connectivity index is 2.00. The van der Waals surface area contributed by atoms with E-state index >= 15 is 0 Å². The van der Waals surface area contributed by atoms with Crippen LogP contribution in [0.25, 0.3) is 0 Å². The molecule has 1 aliphatic rings. The molecule has 0 saturated carbocycles. The fraction of sp³-hybridized carbons (Fsp3) is 0.333. The van der Waals surface area contributed by atoms with Crippen LogP contribution in [0.2, 0.25) is 5.02 Å². The molecule has 30 heavy (non-hydrogen) atoms. The number of nitrogens with zero attached hydrogens (tertiary/aromatic N) is 3. The number of rotatable bonds is 6. The van der Waals surface area contributed by atoms with E-state index in [0.717, 1.165) is 16.8 Å². The summed E-state index contributed by atoms with van der Waals surface area (Å²) in [6, 6.07) is 17.6. The Hall–Kier alpha value is -1.87. The number of hydrogen-bond acceptors (Lipinski definition) is 5. The van der Waals surface area contributed by atoms with Crippen molar-refractivity contribution in [1.82, 2.24) is 10.3 Å². The lowest BCUT2D eigenvalue weighted by molar-refractivity contribution is 0.484. The highest BCUT2D eigenvalue weighted by molar-refractivity contribution is 8.13. The van der Waals surface area contributed by atoms with Gasteiger partial charge in [-0.25, -0.2) is 13.4 Å². The fourth-order valence-corrected chi connectivity index (χ4v) is 5.13. The number of nitrogens with one attached hydrogen (secondary N) is 1. The van der Waals surface area contributed by atoms with Crippen molar-refractivity contribution in [2.24, 2.45) is 9.50 Å². The zero-order valence-electron chi connectivity index (χ0n) is 17.1. The molecule has 9 heteroatoms. The van der Waals surface area contributed by atoms with Gasteiger partial charge in [-0.05, 0) is 43.0 Å². The molecule has 0 saturated heterocycles. The van der Waals surface area contributed by atoms with Gasteiger partial charge in [-0.15, -0.1) is 4.40 Å². The second-order valence-corrected chi connectivity index (χ2v) is 9.96. The van der Waals surface area contributed by atoms with Crippen LogP contribution in [0.5, 0.6) is 0 Å². The Kier molecular flexibility index (Phi) is 7.57. The van der Waals surface area contributed by atoms with Crippen molar-refractivity contribution in [1.29, 1.82) is 0 Å². The van der Waals surface area contributed by atoms with Crippen LogP contribution in [0.1, 0.15) is 30.9 Å². The van der Waals surface area contributed by atoms with Crippen molar-refractivity contribution in [2.75, 3.05) is 19.3 Å². The van der Waals surface area contributed by atoms with Gasteiger partial charge in [0.15, 0.2) is 5.17 Å². The monoisotopic (exact) mass is 464 g/mol. The second kappa shape index (κ2) is 9.96. The van der Waals surface area contributed by atoms with Crippen LogP contribution in [0.3, 0.4) is 0 Å². The summed E-state index contributed by atoms with van der Waals surface area (Å²) >= 11 is 7.32. The predicted octanol–water partition coefficient (Wildman–Crippen LogP) is 4.15. The molecule has 2 atom stereocenters. The lowest BCUT2D eigenvalue weighted by atomic mass is 9.91. The third-order valence-corrected chi connectivity index (χ3v) is 7.33. The highest BCUT2D eigenvalue weighted by Crippen LogP contribution is 2.31. The summed E-state index contributed by atoms with van der Waals surface area (Å²) in [5.74, 6) is -0.0152. The zero-order chi connectivity index (χ0) is 21.7. The van der Waals surface area contributed by atoms with E-state index in [9.17, 15) is 8.42 Å². The molecule has 3 rings (SSSR count). The summed E-state index contributed by atoms with van der Waals surface area (Å²) in [6.45, 7) is 4.51. The first-order valence-electron chi connectivity index (χ1n) is 9.63. The maximum atomic E-state index is 12.6. The van der Waals surface area contributed by atoms with Gasteiger partial charge in [0.2, 0.25) is 0 Å². The minimum Gasteiger partial charge on any atom is -0.300 e. The van der Waals surface area contributed by atoms with E-state index in [1.165, 1.54) is 11.8 Å². The smallest absolute Gasteiger partial charge is 0.271 e. The van der Waals surface area contributed by atoms with Crippen molar-refractivity contribution in [3.63, 3.8) is 0 Å². The Morgan fingerprint density at radius 3 is 2.53 bits per heavy atom. The summed E-state index contributed by atoms with van der Waals surface area (Å²) in [5.41, 5.74) is 2.91. The van der Waals surface area contributed by atoms with Gasteiger partial charge in [0, 0.05) is 10.9 Å². The van der Waals surface area contributed by atoms with Gasteiger partial charge in [0.1, 0.15) is 5.37 Å². The second-order valence-electron chi connectivity index (χ2n) is 6.83. The van der Waals surface area contributed by atoms with Crippen molar-refractivity contribution in [3.8, 4) is 0 Å². The molecule has 1 heterocycles. The average molecular weight is 465 g/mol. The van der Waals surface area contributed by atoms with E-state index in [1.54, 1.807) is 18.2 Å². The van der Waals surface area contributed by atoms with Gasteiger partial charge in [-0.1, -0.05) is 72.8 Å². The Morgan fingerprint density at radius 2 is 1.93 bits per heavy atom. The lowest BCUT2D eigenvalue weighted by Crippen LogP contribution is -2.34. The number of thioether (sulfide) groups is 1. The third-order valence-electron chi connectivity index (χ3n) is 4.80. The Labute approximate surface area is 187 Å². The first kappa shape index (κ1) is 22.8. The molecule has 0 fully saturated rings. The highest BCUT2D eigenvalue weighted by Gasteiger charge is 2.32. The number of benzene rings is 2. The van der Waals surface area contributed by atoms with E-state index in [4.69, 9.17) is 16.7 Å². The van der Waals surface area contributed by atoms with E-state index in [-0.39, 0.29) is 5.92 Å². The molecular formula is C21H25ClN4O2S2. The Bertz CT molecular complexity index is 1020. The standard InChI is InChI=1S/C21H25ClN4O2S2/c1-4-23-15(2)30(27,28)25-21(29-3)26-14-19(16-8-6-5-7-9-16)20(24-26)17-10-12-18(22)13-11-17/h5-13,15,19,23H,4,14H2,1-3H3/b25-21-. The van der Waals surface area contributed by atoms with Crippen molar-refractivity contribution in [3.05, 3.63) is 70.7 Å². The summed E-state index contributed by atoms with van der Waals surface area (Å²) in [4.78, 5) is 0. The number of hydrazone groups is 1. The lowest BCUT2D eigenvalue weighted by Gasteiger charge is -2.18. The molecule has 160 valence electrons. The van der Waals surface area contributed by atoms with Crippen LogP contribution in [0.4, 0.5) is 0 Å². The van der Waals surface area contributed by atoms with E-state index < -0.39 is 15.4 Å². The molecule has 1 N–H and O–H groups in total. The SMILES string of the molecule is CCNC(C)S(=O)(=O)/N=C(\SC)N1CC(c2ccccc2)C(c2ccc(Cl)cc2)=N1. The average Bonchev–Trinajstić information content (AvgIpc) is 3.18. The summed E-state index contributed by atoms with van der Waals surface area (Å²) in [6.07, 6.45) is 1.81. The van der Waals surface area contributed by atoms with Crippen LogP contribution >= 0.6 is 23.4 Å². The van der Waals surface area contributed by atoms with Gasteiger partial charge >= 0.3 is 0 Å². The number of halogens is 1. The molecule has 0 radical (unpaired) electrons. The van der Waals surface area contributed by atoms with Crippen LogP contribution in [-0.4, -0.2) is 49.0 Å². The minimum absolute atomic E-state index is 0.0152. The van der Waals surface area contributed by atoms with Gasteiger partial charge in [0.05, 0.1) is 12.3 Å². The maximum absolute atomic E-state index is 12.6. The van der Waals surface area contributed by atoms with Crippen LogP contribution in [0.15, 0.2) is 64.1 Å². The van der Waals surface area contributed by atoms with E-state index in [1.807, 2.05) is 49.4 Å². The molecule has 0 aromatic heterocycles. The topological polar surface area (TPSA) is 74.1 Å². The molecular weight excluding hydrogens is 440 g/mol. The molecule has 0 aliphatic carbocycles. The van der Waals surface area contributed by atoms with Crippen molar-refractivity contribution < 1.29 is 8.42 Å². The summed E-state index contributed by atoms with van der Waals surface area (Å²) < 4.78 is 29.4. The van der Waals surface area contributed by atoms with Crippen molar-refractivity contribution in [2.45, 2.75) is 25.1 Å². The molecule has 0 bridgehead atoms. The zero-order valence-corrected chi connectivity index (χ0v) is 19.5. The molecule has 2 aromatic carbocycles. The molecule has 1 aliphatic heterocycles. The maximum Gasteiger partial charge on any atom is 0.271 e. The molecule has 0 spiro atoms. The van der Waals surface area contributed by atoms with E-state index in [0.29, 0.717) is 23.3 Å². The summed E-state index contributed by atoms with van der Waals surface area (Å²) in [5, 5.41) is 9.61. The number of amidine groups is 1. The molecule has 2 unspecified atom stereocenters. The summed E-state index contributed by atoms with van der Waals surface area (Å²) in [7, 11) is -3.71. The first-order valence-corrected chi connectivity index (χ1v) is 12.7. The third kappa shape index (κ3) is 5.24. The van der Waals surface area contributed by atoms with E-state index in [2.05, 4.69) is 21.8 Å². The van der Waals surface area contributed by atoms with Gasteiger partial charge in [-0.3, -0.25) is 0 Å². The fourth-order valence-electron chi connectivity index (χ4n) is 3.22.